The molecular formula is C10H12F3NO3S. The fraction of sp³-hybridized carbons (Fsp3) is 0.400. The van der Waals surface area contributed by atoms with E-state index in [1.807, 2.05) is 4.72 Å². The van der Waals surface area contributed by atoms with E-state index < -0.39 is 34.1 Å². The Balaban J connectivity index is 3.10. The van der Waals surface area contributed by atoms with Crippen molar-refractivity contribution < 1.29 is 26.7 Å². The third-order valence-corrected chi connectivity index (χ3v) is 3.44. The third-order valence-electron chi connectivity index (χ3n) is 2.19. The lowest BCUT2D eigenvalue weighted by Gasteiger charge is -2.13. The van der Waals surface area contributed by atoms with Crippen LogP contribution in [0.5, 0.6) is 0 Å². The van der Waals surface area contributed by atoms with E-state index >= 15 is 0 Å². The molecule has 0 fully saturated rings. The lowest BCUT2D eigenvalue weighted by atomic mass is 10.1. The van der Waals surface area contributed by atoms with Crippen molar-refractivity contribution in [3.8, 4) is 0 Å². The number of alkyl halides is 3. The molecule has 0 aliphatic carbocycles. The monoisotopic (exact) mass is 283 g/mol. The van der Waals surface area contributed by atoms with Crippen molar-refractivity contribution in [2.24, 2.45) is 0 Å². The van der Waals surface area contributed by atoms with Gasteiger partial charge in [-0.3, -0.25) is 4.72 Å². The zero-order chi connectivity index (χ0) is 14.0. The summed E-state index contributed by atoms with van der Waals surface area (Å²) in [5.41, 5.74) is -0.711. The van der Waals surface area contributed by atoms with E-state index in [0.717, 1.165) is 12.1 Å². The molecule has 2 N–H and O–H groups in total. The van der Waals surface area contributed by atoms with Gasteiger partial charge in [-0.25, -0.2) is 8.42 Å². The van der Waals surface area contributed by atoms with Crippen molar-refractivity contribution >= 4 is 15.7 Å². The molecular weight excluding hydrogens is 271 g/mol. The van der Waals surface area contributed by atoms with Gasteiger partial charge in [-0.2, -0.15) is 13.2 Å². The molecule has 1 aromatic carbocycles. The Hall–Kier alpha value is -1.28. The smallest absolute Gasteiger partial charge is 0.395 e. The van der Waals surface area contributed by atoms with Gasteiger partial charge in [0.1, 0.15) is 0 Å². The van der Waals surface area contributed by atoms with E-state index in [-0.39, 0.29) is 5.69 Å². The summed E-state index contributed by atoms with van der Waals surface area (Å²) in [4.78, 5) is 0. The van der Waals surface area contributed by atoms with Gasteiger partial charge in [0.2, 0.25) is 10.0 Å². The lowest BCUT2D eigenvalue weighted by molar-refractivity contribution is -0.137. The number of halogens is 3. The third kappa shape index (κ3) is 3.88. The van der Waals surface area contributed by atoms with Crippen LogP contribution in [0.2, 0.25) is 0 Å². The number of hydrogen-bond donors (Lipinski definition) is 2. The molecule has 0 aliphatic rings. The van der Waals surface area contributed by atoms with Crippen LogP contribution in [-0.2, 0) is 16.2 Å². The van der Waals surface area contributed by atoms with Crippen LogP contribution in [-0.4, -0.2) is 25.9 Å². The summed E-state index contributed by atoms with van der Waals surface area (Å²) in [6.07, 6.45) is -4.54. The van der Waals surface area contributed by atoms with Crippen molar-refractivity contribution in [3.63, 3.8) is 0 Å². The first-order chi connectivity index (χ1) is 8.15. The first-order valence-corrected chi connectivity index (χ1v) is 6.60. The average Bonchev–Trinajstić information content (AvgIpc) is 2.19. The summed E-state index contributed by atoms with van der Waals surface area (Å²) in [7, 11) is -3.84. The second-order valence-electron chi connectivity index (χ2n) is 3.67. The van der Waals surface area contributed by atoms with Gasteiger partial charge in [0, 0.05) is 0 Å². The van der Waals surface area contributed by atoms with E-state index in [9.17, 15) is 21.6 Å². The average molecular weight is 283 g/mol. The second kappa shape index (κ2) is 5.15. The molecule has 0 aromatic heterocycles. The number of benzene rings is 1. The van der Waals surface area contributed by atoms with Crippen molar-refractivity contribution in [2.75, 3.05) is 17.1 Å². The SMILES string of the molecule is Cc1ccc(C(F)(F)F)cc1NS(=O)(=O)CCO. The van der Waals surface area contributed by atoms with Gasteiger partial charge >= 0.3 is 6.18 Å². The van der Waals surface area contributed by atoms with Gasteiger partial charge in [-0.1, -0.05) is 6.07 Å². The summed E-state index contributed by atoms with van der Waals surface area (Å²) < 4.78 is 62.1. The van der Waals surface area contributed by atoms with Crippen LogP contribution >= 0.6 is 0 Å². The number of nitrogens with one attached hydrogen (secondary N) is 1. The number of sulfonamides is 1. The summed E-state index contributed by atoms with van der Waals surface area (Å²) in [6, 6.07) is 2.78. The molecule has 0 aliphatic heterocycles. The fourth-order valence-corrected chi connectivity index (χ4v) is 2.14. The predicted octanol–water partition coefficient (Wildman–Crippen LogP) is 1.75. The van der Waals surface area contributed by atoms with Gasteiger partial charge in [-0.15, -0.1) is 0 Å². The minimum absolute atomic E-state index is 0.140. The molecule has 0 amide bonds. The van der Waals surface area contributed by atoms with Crippen LogP contribution in [0.3, 0.4) is 0 Å². The molecule has 1 rings (SSSR count). The highest BCUT2D eigenvalue weighted by molar-refractivity contribution is 7.92. The Bertz CT molecular complexity index is 526. The topological polar surface area (TPSA) is 66.4 Å². The molecule has 0 heterocycles. The Labute approximate surface area is 102 Å². The van der Waals surface area contributed by atoms with Gasteiger partial charge in [0.25, 0.3) is 0 Å². The van der Waals surface area contributed by atoms with Crippen molar-refractivity contribution in [1.82, 2.24) is 0 Å². The van der Waals surface area contributed by atoms with E-state index in [2.05, 4.69) is 0 Å². The first-order valence-electron chi connectivity index (χ1n) is 4.95. The van der Waals surface area contributed by atoms with E-state index in [4.69, 9.17) is 5.11 Å². The largest absolute Gasteiger partial charge is 0.416 e. The van der Waals surface area contributed by atoms with Gasteiger partial charge in [-0.05, 0) is 24.6 Å². The van der Waals surface area contributed by atoms with E-state index in [1.54, 1.807) is 0 Å². The normalized spacial score (nSPS) is 12.5. The maximum Gasteiger partial charge on any atom is 0.416 e. The first kappa shape index (κ1) is 14.8. The number of anilines is 1. The van der Waals surface area contributed by atoms with Crippen molar-refractivity contribution in [2.45, 2.75) is 13.1 Å². The van der Waals surface area contributed by atoms with Crippen LogP contribution in [0.1, 0.15) is 11.1 Å². The van der Waals surface area contributed by atoms with Crippen LogP contribution in [0, 0.1) is 6.92 Å². The van der Waals surface area contributed by atoms with Gasteiger partial charge in [0.15, 0.2) is 0 Å². The zero-order valence-electron chi connectivity index (χ0n) is 9.45. The molecule has 0 unspecified atom stereocenters. The van der Waals surface area contributed by atoms with Gasteiger partial charge in [0.05, 0.1) is 23.6 Å². The van der Waals surface area contributed by atoms with Crippen molar-refractivity contribution in [1.29, 1.82) is 0 Å². The Morgan fingerprint density at radius 3 is 2.44 bits per heavy atom. The molecule has 0 atom stereocenters. The van der Waals surface area contributed by atoms with Crippen molar-refractivity contribution in [3.05, 3.63) is 29.3 Å². The number of aliphatic hydroxyl groups excluding tert-OH is 1. The Morgan fingerprint density at radius 2 is 1.94 bits per heavy atom. The number of rotatable bonds is 4. The van der Waals surface area contributed by atoms with E-state index in [0.29, 0.717) is 5.56 Å². The van der Waals surface area contributed by atoms with Crippen LogP contribution in [0.15, 0.2) is 18.2 Å². The second-order valence-corrected chi connectivity index (χ2v) is 5.51. The quantitative estimate of drug-likeness (QED) is 0.884. The Morgan fingerprint density at radius 1 is 1.33 bits per heavy atom. The van der Waals surface area contributed by atoms with Crippen LogP contribution in [0.4, 0.5) is 18.9 Å². The maximum atomic E-state index is 12.5. The molecule has 0 bridgehead atoms. The summed E-state index contributed by atoms with van der Waals surface area (Å²) >= 11 is 0. The Kier molecular flexibility index (Phi) is 4.23. The lowest BCUT2D eigenvalue weighted by Crippen LogP contribution is -2.20. The molecule has 4 nitrogen and oxygen atoms in total. The van der Waals surface area contributed by atoms with Crippen LogP contribution in [0.25, 0.3) is 0 Å². The zero-order valence-corrected chi connectivity index (χ0v) is 10.3. The number of hydrogen-bond acceptors (Lipinski definition) is 3. The number of aliphatic hydroxyl groups is 1. The summed E-state index contributed by atoms with van der Waals surface area (Å²) in [5, 5.41) is 8.53. The van der Waals surface area contributed by atoms with Gasteiger partial charge < -0.3 is 5.11 Å². The molecule has 18 heavy (non-hydrogen) atoms. The van der Waals surface area contributed by atoms with E-state index in [1.165, 1.54) is 13.0 Å². The highest BCUT2D eigenvalue weighted by Gasteiger charge is 2.31. The predicted molar refractivity (Wildman–Crippen MR) is 60.7 cm³/mol. The molecule has 0 spiro atoms. The summed E-state index contributed by atoms with van der Waals surface area (Å²) in [6.45, 7) is 0.879. The maximum absolute atomic E-state index is 12.5. The minimum Gasteiger partial charge on any atom is -0.395 e. The molecule has 0 saturated heterocycles. The standard InChI is InChI=1S/C10H12F3NO3S/c1-7-2-3-8(10(11,12)13)6-9(7)14-18(16,17)5-4-15/h2-3,6,14-15H,4-5H2,1H3. The number of aryl methyl sites for hydroxylation is 1. The fourth-order valence-electron chi connectivity index (χ4n) is 1.25. The molecule has 8 heteroatoms. The molecule has 1 aromatic rings. The summed E-state index contributed by atoms with van der Waals surface area (Å²) in [5.74, 6) is -0.567. The highest BCUT2D eigenvalue weighted by atomic mass is 32.2. The highest BCUT2D eigenvalue weighted by Crippen LogP contribution is 2.32. The molecule has 0 radical (unpaired) electrons. The molecule has 102 valence electrons. The minimum atomic E-state index is -4.54. The van der Waals surface area contributed by atoms with Crippen LogP contribution < -0.4 is 4.72 Å². The molecule has 0 saturated carbocycles.